The summed E-state index contributed by atoms with van der Waals surface area (Å²) in [7, 11) is 0. The predicted molar refractivity (Wildman–Crippen MR) is 98.0 cm³/mol. The summed E-state index contributed by atoms with van der Waals surface area (Å²) in [6.07, 6.45) is 9.50. The maximum absolute atomic E-state index is 11.9. The zero-order chi connectivity index (χ0) is 17.2. The first-order valence-corrected chi connectivity index (χ1v) is 9.18. The summed E-state index contributed by atoms with van der Waals surface area (Å²) in [4.78, 5) is 20.7. The summed E-state index contributed by atoms with van der Waals surface area (Å²) in [6, 6.07) is 8.83. The lowest BCUT2D eigenvalue weighted by Gasteiger charge is -2.26. The molecule has 25 heavy (non-hydrogen) atoms. The van der Waals surface area contributed by atoms with Gasteiger partial charge in [0, 0.05) is 29.9 Å². The van der Waals surface area contributed by atoms with Crippen molar-refractivity contribution in [1.29, 1.82) is 0 Å². The van der Waals surface area contributed by atoms with Crippen molar-refractivity contribution in [3.05, 3.63) is 42.2 Å². The number of carbonyl (C=O) groups is 1. The molecule has 0 spiro atoms. The molecule has 2 saturated carbocycles. The second-order valence-corrected chi connectivity index (χ2v) is 7.19. The van der Waals surface area contributed by atoms with Gasteiger partial charge >= 0.3 is 0 Å². The van der Waals surface area contributed by atoms with Crippen LogP contribution < -0.4 is 10.6 Å². The van der Waals surface area contributed by atoms with Gasteiger partial charge in [-0.1, -0.05) is 24.3 Å². The molecule has 5 nitrogen and oxygen atoms in total. The monoisotopic (exact) mass is 336 g/mol. The first kappa shape index (κ1) is 16.1. The van der Waals surface area contributed by atoms with E-state index in [0.717, 1.165) is 29.5 Å². The number of rotatable bonds is 6. The number of aromatic nitrogens is 2. The molecule has 0 bridgehead atoms. The van der Waals surface area contributed by atoms with Crippen LogP contribution in [0.4, 0.5) is 5.95 Å². The molecule has 2 aliphatic carbocycles. The van der Waals surface area contributed by atoms with Crippen LogP contribution in [0.15, 0.2) is 36.7 Å². The number of nitrogens with one attached hydrogen (secondary N) is 2. The van der Waals surface area contributed by atoms with Gasteiger partial charge in [0.15, 0.2) is 0 Å². The smallest absolute Gasteiger partial charge is 0.223 e. The summed E-state index contributed by atoms with van der Waals surface area (Å²) in [5.41, 5.74) is 3.20. The topological polar surface area (TPSA) is 66.9 Å². The maximum atomic E-state index is 11.9. The second-order valence-electron chi connectivity index (χ2n) is 7.19. The fourth-order valence-electron chi connectivity index (χ4n) is 3.01. The van der Waals surface area contributed by atoms with Crippen LogP contribution >= 0.6 is 0 Å². The standard InChI is InChI=1S/C20H24N4O/c1-13(23-19(25)16-9-10-16)14-5-7-15(8-6-14)17-11-21-20(22-12-17)24-18-3-2-4-18/h5-8,11-13,16,18H,2-4,9-10H2,1H3,(H,23,25)(H,21,22,24)/t13-/m0/s1. The highest BCUT2D eigenvalue weighted by molar-refractivity contribution is 5.81. The summed E-state index contributed by atoms with van der Waals surface area (Å²) >= 11 is 0. The van der Waals surface area contributed by atoms with Crippen molar-refractivity contribution >= 4 is 11.9 Å². The third-order valence-corrected chi connectivity index (χ3v) is 5.14. The van der Waals surface area contributed by atoms with E-state index in [1.54, 1.807) is 0 Å². The largest absolute Gasteiger partial charge is 0.351 e. The van der Waals surface area contributed by atoms with Gasteiger partial charge in [-0.2, -0.15) is 0 Å². The zero-order valence-electron chi connectivity index (χ0n) is 14.5. The SMILES string of the molecule is C[C@H](NC(=O)C1CC1)c1ccc(-c2cnc(NC3CCC3)nc2)cc1. The van der Waals surface area contributed by atoms with Crippen LogP contribution in [0.25, 0.3) is 11.1 Å². The molecular weight excluding hydrogens is 312 g/mol. The average molecular weight is 336 g/mol. The lowest BCUT2D eigenvalue weighted by atomic mass is 9.93. The molecule has 4 rings (SSSR count). The van der Waals surface area contributed by atoms with E-state index in [2.05, 4.69) is 44.9 Å². The van der Waals surface area contributed by atoms with E-state index in [0.29, 0.717) is 12.0 Å². The molecule has 1 atom stereocenters. The van der Waals surface area contributed by atoms with Crippen molar-refractivity contribution < 1.29 is 4.79 Å². The predicted octanol–water partition coefficient (Wildman–Crippen LogP) is 3.70. The molecular formula is C20H24N4O. The van der Waals surface area contributed by atoms with Crippen LogP contribution in [-0.4, -0.2) is 21.9 Å². The van der Waals surface area contributed by atoms with Gasteiger partial charge in [0.05, 0.1) is 6.04 Å². The highest BCUT2D eigenvalue weighted by Crippen LogP contribution is 2.30. The number of anilines is 1. The van der Waals surface area contributed by atoms with Gasteiger partial charge in [-0.3, -0.25) is 4.79 Å². The van der Waals surface area contributed by atoms with Gasteiger partial charge in [-0.25, -0.2) is 9.97 Å². The Kier molecular flexibility index (Phi) is 4.38. The van der Waals surface area contributed by atoms with E-state index in [-0.39, 0.29) is 17.9 Å². The van der Waals surface area contributed by atoms with Crippen LogP contribution in [0.3, 0.4) is 0 Å². The maximum Gasteiger partial charge on any atom is 0.223 e. The van der Waals surface area contributed by atoms with Gasteiger partial charge in [-0.15, -0.1) is 0 Å². The van der Waals surface area contributed by atoms with Crippen molar-refractivity contribution in [1.82, 2.24) is 15.3 Å². The molecule has 2 aromatic rings. The minimum atomic E-state index is 0.0347. The Morgan fingerprint density at radius 1 is 1.04 bits per heavy atom. The van der Waals surface area contributed by atoms with Crippen molar-refractivity contribution in [2.75, 3.05) is 5.32 Å². The van der Waals surface area contributed by atoms with E-state index in [9.17, 15) is 4.79 Å². The second kappa shape index (κ2) is 6.82. The lowest BCUT2D eigenvalue weighted by Crippen LogP contribution is -2.27. The molecule has 2 aliphatic rings. The van der Waals surface area contributed by atoms with Gasteiger partial charge in [0.2, 0.25) is 11.9 Å². The van der Waals surface area contributed by atoms with Gasteiger partial charge in [0.1, 0.15) is 0 Å². The van der Waals surface area contributed by atoms with E-state index in [1.807, 2.05) is 19.3 Å². The Labute approximate surface area is 148 Å². The average Bonchev–Trinajstić information content (AvgIpc) is 3.44. The fourth-order valence-corrected chi connectivity index (χ4v) is 3.01. The van der Waals surface area contributed by atoms with Gasteiger partial charge in [0.25, 0.3) is 0 Å². The molecule has 1 aromatic heterocycles. The van der Waals surface area contributed by atoms with Crippen LogP contribution in [0.1, 0.15) is 50.6 Å². The summed E-state index contributed by atoms with van der Waals surface area (Å²) < 4.78 is 0. The molecule has 2 N–H and O–H groups in total. The number of hydrogen-bond acceptors (Lipinski definition) is 4. The normalized spacial score (nSPS) is 18.3. The lowest BCUT2D eigenvalue weighted by molar-refractivity contribution is -0.122. The number of benzene rings is 1. The van der Waals surface area contributed by atoms with Crippen LogP contribution in [0, 0.1) is 5.92 Å². The number of hydrogen-bond donors (Lipinski definition) is 2. The number of nitrogens with zero attached hydrogens (tertiary/aromatic N) is 2. The molecule has 0 saturated heterocycles. The minimum Gasteiger partial charge on any atom is -0.351 e. The number of carbonyl (C=O) groups excluding carboxylic acids is 1. The molecule has 0 aliphatic heterocycles. The minimum absolute atomic E-state index is 0.0347. The third-order valence-electron chi connectivity index (χ3n) is 5.14. The molecule has 1 heterocycles. The van der Waals surface area contributed by atoms with Crippen LogP contribution in [-0.2, 0) is 4.79 Å². The van der Waals surface area contributed by atoms with Gasteiger partial charge < -0.3 is 10.6 Å². The first-order chi connectivity index (χ1) is 12.2. The van der Waals surface area contributed by atoms with E-state index >= 15 is 0 Å². The Hall–Kier alpha value is -2.43. The quantitative estimate of drug-likeness (QED) is 0.844. The zero-order valence-corrected chi connectivity index (χ0v) is 14.5. The summed E-state index contributed by atoms with van der Waals surface area (Å²) in [6.45, 7) is 2.03. The number of amides is 1. The highest BCUT2D eigenvalue weighted by Gasteiger charge is 2.30. The van der Waals surface area contributed by atoms with E-state index in [4.69, 9.17) is 0 Å². The molecule has 1 amide bonds. The molecule has 0 radical (unpaired) electrons. The summed E-state index contributed by atoms with van der Waals surface area (Å²) in [5.74, 6) is 1.13. The van der Waals surface area contributed by atoms with Crippen molar-refractivity contribution in [3.8, 4) is 11.1 Å². The molecule has 5 heteroatoms. The van der Waals surface area contributed by atoms with Crippen LogP contribution in [0.5, 0.6) is 0 Å². The molecule has 130 valence electrons. The third kappa shape index (κ3) is 3.81. The molecule has 0 unspecified atom stereocenters. The Bertz CT molecular complexity index is 733. The molecule has 1 aromatic carbocycles. The first-order valence-electron chi connectivity index (χ1n) is 9.18. The highest BCUT2D eigenvalue weighted by atomic mass is 16.2. The van der Waals surface area contributed by atoms with Crippen molar-refractivity contribution in [3.63, 3.8) is 0 Å². The fraction of sp³-hybridized carbons (Fsp3) is 0.450. The summed E-state index contributed by atoms with van der Waals surface area (Å²) in [5, 5.41) is 6.43. The Morgan fingerprint density at radius 3 is 2.28 bits per heavy atom. The van der Waals surface area contributed by atoms with Gasteiger partial charge in [-0.05, 0) is 50.2 Å². The van der Waals surface area contributed by atoms with Crippen molar-refractivity contribution in [2.24, 2.45) is 5.92 Å². The Balaban J connectivity index is 1.39. The van der Waals surface area contributed by atoms with Crippen LogP contribution in [0.2, 0.25) is 0 Å². The Morgan fingerprint density at radius 2 is 1.72 bits per heavy atom. The van der Waals surface area contributed by atoms with Crippen molar-refractivity contribution in [2.45, 2.75) is 51.1 Å². The molecule has 2 fully saturated rings. The van der Waals surface area contributed by atoms with E-state index in [1.165, 1.54) is 19.3 Å². The van der Waals surface area contributed by atoms with E-state index < -0.39 is 0 Å².